The highest BCUT2D eigenvalue weighted by atomic mass is 28.4. The summed E-state index contributed by atoms with van der Waals surface area (Å²) in [5.41, 5.74) is 0. The van der Waals surface area contributed by atoms with Gasteiger partial charge >= 0.3 is 8.56 Å². The standard InChI is InChI=1S/C25H57N3O2Si/c1-8-17-26(18-9-2)21-15-23-28(24-16-22-27(19-10-3)20-11-4)25-31(14-7,29-12-5)30-13-6/h8-25H2,1-7H3. The Morgan fingerprint density at radius 2 is 0.839 bits per heavy atom. The van der Waals surface area contributed by atoms with Gasteiger partial charge in [0.2, 0.25) is 0 Å². The first-order valence-electron chi connectivity index (χ1n) is 13.5. The largest absolute Gasteiger partial charge is 0.394 e. The van der Waals surface area contributed by atoms with Crippen LogP contribution in [0, 0.1) is 0 Å². The van der Waals surface area contributed by atoms with Crippen LogP contribution >= 0.6 is 0 Å². The minimum absolute atomic E-state index is 0.759. The summed E-state index contributed by atoms with van der Waals surface area (Å²) in [4.78, 5) is 7.95. The lowest BCUT2D eigenvalue weighted by atomic mass is 10.2. The molecule has 0 aliphatic heterocycles. The molecule has 0 spiro atoms. The fraction of sp³-hybridized carbons (Fsp3) is 1.00. The van der Waals surface area contributed by atoms with E-state index in [1.165, 1.54) is 77.8 Å². The van der Waals surface area contributed by atoms with Gasteiger partial charge in [0.15, 0.2) is 0 Å². The van der Waals surface area contributed by atoms with Crippen LogP contribution in [0.3, 0.4) is 0 Å². The van der Waals surface area contributed by atoms with E-state index in [9.17, 15) is 0 Å². The van der Waals surface area contributed by atoms with Crippen LogP contribution in [-0.4, -0.2) is 95.0 Å². The summed E-state index contributed by atoms with van der Waals surface area (Å²) in [5, 5.41) is 0. The molecule has 0 bridgehead atoms. The van der Waals surface area contributed by atoms with Gasteiger partial charge in [-0.1, -0.05) is 34.6 Å². The van der Waals surface area contributed by atoms with Crippen LogP contribution in [0.25, 0.3) is 0 Å². The molecule has 0 aliphatic rings. The van der Waals surface area contributed by atoms with E-state index in [-0.39, 0.29) is 0 Å². The molecular weight excluding hydrogens is 402 g/mol. The SMILES string of the molecule is CCCN(CCC)CCCN(CCCN(CCC)CCC)C[Si](CC)(OCC)OCC. The molecule has 0 fully saturated rings. The molecule has 0 aromatic rings. The first-order valence-corrected chi connectivity index (χ1v) is 15.7. The number of rotatable bonds is 23. The Morgan fingerprint density at radius 1 is 0.484 bits per heavy atom. The van der Waals surface area contributed by atoms with Gasteiger partial charge in [-0.25, -0.2) is 0 Å². The summed E-state index contributed by atoms with van der Waals surface area (Å²) in [6.45, 7) is 26.8. The van der Waals surface area contributed by atoms with Crippen LogP contribution in [0.4, 0.5) is 0 Å². The molecule has 188 valence electrons. The van der Waals surface area contributed by atoms with Gasteiger partial charge in [0, 0.05) is 19.4 Å². The molecule has 0 aliphatic carbocycles. The highest BCUT2D eigenvalue weighted by Crippen LogP contribution is 2.16. The van der Waals surface area contributed by atoms with Crippen LogP contribution in [0.1, 0.15) is 87.0 Å². The van der Waals surface area contributed by atoms with Crippen LogP contribution in [0.15, 0.2) is 0 Å². The molecule has 0 saturated heterocycles. The maximum Gasteiger partial charge on any atom is 0.352 e. The van der Waals surface area contributed by atoms with Gasteiger partial charge < -0.3 is 23.6 Å². The Labute approximate surface area is 197 Å². The molecule has 0 atom stereocenters. The van der Waals surface area contributed by atoms with E-state index >= 15 is 0 Å². The van der Waals surface area contributed by atoms with E-state index in [2.05, 4.69) is 63.2 Å². The molecule has 0 heterocycles. The molecule has 31 heavy (non-hydrogen) atoms. The van der Waals surface area contributed by atoms with E-state index in [1.54, 1.807) is 0 Å². The van der Waals surface area contributed by atoms with Gasteiger partial charge in [-0.15, -0.1) is 0 Å². The normalized spacial score (nSPS) is 12.6. The number of nitrogens with zero attached hydrogens (tertiary/aromatic N) is 3. The van der Waals surface area contributed by atoms with Crippen molar-refractivity contribution in [3.8, 4) is 0 Å². The first kappa shape index (κ1) is 31.0. The molecule has 0 aromatic heterocycles. The second kappa shape index (κ2) is 20.6. The maximum absolute atomic E-state index is 6.31. The Balaban J connectivity index is 5.00. The average Bonchev–Trinajstić information content (AvgIpc) is 2.74. The summed E-state index contributed by atoms with van der Waals surface area (Å²) < 4.78 is 12.6. The lowest BCUT2D eigenvalue weighted by Gasteiger charge is -2.35. The minimum atomic E-state index is -2.15. The first-order chi connectivity index (χ1) is 15.0. The third kappa shape index (κ3) is 14.7. The van der Waals surface area contributed by atoms with Crippen LogP contribution in [0.5, 0.6) is 0 Å². The van der Waals surface area contributed by atoms with Gasteiger partial charge in [0.1, 0.15) is 0 Å². The van der Waals surface area contributed by atoms with E-state index in [0.717, 1.165) is 38.5 Å². The van der Waals surface area contributed by atoms with Crippen LogP contribution in [-0.2, 0) is 8.85 Å². The zero-order chi connectivity index (χ0) is 23.4. The smallest absolute Gasteiger partial charge is 0.352 e. The van der Waals surface area contributed by atoms with Gasteiger partial charge in [0.05, 0.1) is 0 Å². The van der Waals surface area contributed by atoms with Gasteiger partial charge in [-0.05, 0) is 111 Å². The molecule has 0 unspecified atom stereocenters. The van der Waals surface area contributed by atoms with Crippen molar-refractivity contribution in [2.24, 2.45) is 0 Å². The molecule has 5 nitrogen and oxygen atoms in total. The summed E-state index contributed by atoms with van der Waals surface area (Å²) in [6, 6.07) is 1.03. The summed E-state index contributed by atoms with van der Waals surface area (Å²) in [5.74, 6) is 0. The van der Waals surface area contributed by atoms with Crippen molar-refractivity contribution in [1.29, 1.82) is 0 Å². The molecular formula is C25H57N3O2Si. The quantitative estimate of drug-likeness (QED) is 0.191. The third-order valence-corrected chi connectivity index (χ3v) is 9.51. The van der Waals surface area contributed by atoms with E-state index in [0.29, 0.717) is 0 Å². The van der Waals surface area contributed by atoms with E-state index in [4.69, 9.17) is 8.85 Å². The lowest BCUT2D eigenvalue weighted by molar-refractivity contribution is 0.152. The average molecular weight is 460 g/mol. The maximum atomic E-state index is 6.31. The zero-order valence-corrected chi connectivity index (χ0v) is 23.4. The topological polar surface area (TPSA) is 28.2 Å². The van der Waals surface area contributed by atoms with Gasteiger partial charge in [-0.2, -0.15) is 0 Å². The highest BCUT2D eigenvalue weighted by Gasteiger charge is 2.37. The van der Waals surface area contributed by atoms with Gasteiger partial charge in [0.25, 0.3) is 0 Å². The van der Waals surface area contributed by atoms with Crippen LogP contribution < -0.4 is 0 Å². The van der Waals surface area contributed by atoms with Crippen molar-refractivity contribution >= 4 is 8.56 Å². The van der Waals surface area contributed by atoms with Crippen molar-refractivity contribution in [1.82, 2.24) is 14.7 Å². The van der Waals surface area contributed by atoms with Crippen molar-refractivity contribution < 1.29 is 8.85 Å². The third-order valence-electron chi connectivity index (χ3n) is 5.87. The molecule has 0 amide bonds. The number of hydrogen-bond donors (Lipinski definition) is 0. The predicted octanol–water partition coefficient (Wildman–Crippen LogP) is 5.39. The van der Waals surface area contributed by atoms with Gasteiger partial charge in [-0.3, -0.25) is 0 Å². The number of hydrogen-bond acceptors (Lipinski definition) is 5. The Bertz CT molecular complexity index is 348. The Kier molecular flexibility index (Phi) is 20.6. The molecule has 0 rings (SSSR count). The Morgan fingerprint density at radius 3 is 1.13 bits per heavy atom. The molecule has 0 radical (unpaired) electrons. The summed E-state index contributed by atoms with van der Waals surface area (Å²) in [7, 11) is -2.15. The fourth-order valence-corrected chi connectivity index (χ4v) is 7.50. The van der Waals surface area contributed by atoms with Crippen molar-refractivity contribution in [3.63, 3.8) is 0 Å². The van der Waals surface area contributed by atoms with Crippen molar-refractivity contribution in [3.05, 3.63) is 0 Å². The molecule has 0 N–H and O–H groups in total. The minimum Gasteiger partial charge on any atom is -0.394 e. The Hall–Kier alpha value is 0.0169. The molecule has 0 saturated carbocycles. The van der Waals surface area contributed by atoms with E-state index < -0.39 is 8.56 Å². The molecule has 0 aromatic carbocycles. The highest BCUT2D eigenvalue weighted by molar-refractivity contribution is 6.67. The summed E-state index contributed by atoms with van der Waals surface area (Å²) >= 11 is 0. The molecule has 6 heteroatoms. The zero-order valence-electron chi connectivity index (χ0n) is 22.4. The van der Waals surface area contributed by atoms with Crippen molar-refractivity contribution in [2.45, 2.75) is 93.0 Å². The van der Waals surface area contributed by atoms with E-state index in [1.807, 2.05) is 0 Å². The lowest BCUT2D eigenvalue weighted by Crippen LogP contribution is -2.53. The second-order valence-electron chi connectivity index (χ2n) is 8.80. The fourth-order valence-electron chi connectivity index (χ4n) is 4.56. The predicted molar refractivity (Wildman–Crippen MR) is 139 cm³/mol. The van der Waals surface area contributed by atoms with Crippen LogP contribution in [0.2, 0.25) is 6.04 Å². The van der Waals surface area contributed by atoms with Crippen molar-refractivity contribution in [2.75, 3.05) is 71.7 Å². The monoisotopic (exact) mass is 459 g/mol. The second-order valence-corrected chi connectivity index (χ2v) is 12.2. The summed E-state index contributed by atoms with van der Waals surface area (Å²) in [6.07, 6.45) is 8.46.